The minimum Gasteiger partial charge on any atom is -0.461 e. The molecule has 1 aliphatic rings. The molecule has 33 heavy (non-hydrogen) atoms. The van der Waals surface area contributed by atoms with E-state index in [0.717, 1.165) is 60.6 Å². The Kier molecular flexibility index (Phi) is 6.67. The standard InChI is InChI=1S/C25H28N2O5S/c1-17-24(13-15-27-14-12-22(16-27)32-18(2)28)26-25(31-17)21-6-4-19(5-7-21)20-8-10-23(11-9-20)33(3,29)30/h4-11,22H,12-16H2,1-3H3/t22-/m1/s1. The van der Waals surface area contributed by atoms with E-state index >= 15 is 0 Å². The summed E-state index contributed by atoms with van der Waals surface area (Å²) in [7, 11) is -3.21. The molecule has 0 saturated carbocycles. The average Bonchev–Trinajstić information content (AvgIpc) is 3.37. The van der Waals surface area contributed by atoms with E-state index in [-0.39, 0.29) is 12.1 Å². The molecule has 0 amide bonds. The maximum Gasteiger partial charge on any atom is 0.302 e. The lowest BCUT2D eigenvalue weighted by Crippen LogP contribution is -2.26. The molecule has 8 heteroatoms. The lowest BCUT2D eigenvalue weighted by Gasteiger charge is -2.15. The minimum atomic E-state index is -3.21. The van der Waals surface area contributed by atoms with Gasteiger partial charge in [-0.2, -0.15) is 0 Å². The van der Waals surface area contributed by atoms with Gasteiger partial charge in [-0.3, -0.25) is 9.69 Å². The number of likely N-dealkylation sites (tertiary alicyclic amines) is 1. The van der Waals surface area contributed by atoms with Crippen LogP contribution in [0.25, 0.3) is 22.6 Å². The lowest BCUT2D eigenvalue weighted by atomic mass is 10.0. The lowest BCUT2D eigenvalue weighted by molar-refractivity contribution is -0.145. The molecule has 1 atom stereocenters. The highest BCUT2D eigenvalue weighted by Crippen LogP contribution is 2.27. The Hall–Kier alpha value is -2.97. The van der Waals surface area contributed by atoms with Crippen LogP contribution in [0.15, 0.2) is 57.8 Å². The number of hydrogen-bond acceptors (Lipinski definition) is 7. The molecule has 0 unspecified atom stereocenters. The summed E-state index contributed by atoms with van der Waals surface area (Å²) >= 11 is 0. The highest BCUT2D eigenvalue weighted by Gasteiger charge is 2.25. The van der Waals surface area contributed by atoms with E-state index in [1.54, 1.807) is 12.1 Å². The molecule has 174 valence electrons. The van der Waals surface area contributed by atoms with Crippen molar-refractivity contribution in [3.63, 3.8) is 0 Å². The zero-order valence-corrected chi connectivity index (χ0v) is 19.9. The number of oxazole rings is 1. The van der Waals surface area contributed by atoms with Gasteiger partial charge in [0.05, 0.1) is 10.6 Å². The summed E-state index contributed by atoms with van der Waals surface area (Å²) in [5, 5.41) is 0. The van der Waals surface area contributed by atoms with Gasteiger partial charge in [0.2, 0.25) is 5.89 Å². The molecule has 7 nitrogen and oxygen atoms in total. The summed E-state index contributed by atoms with van der Waals surface area (Å²) in [4.78, 5) is 18.4. The van der Waals surface area contributed by atoms with Crippen molar-refractivity contribution >= 4 is 15.8 Å². The van der Waals surface area contributed by atoms with Crippen LogP contribution in [-0.4, -0.2) is 56.3 Å². The van der Waals surface area contributed by atoms with Crippen molar-refractivity contribution in [2.45, 2.75) is 37.7 Å². The molecule has 2 aromatic carbocycles. The molecule has 0 radical (unpaired) electrons. The van der Waals surface area contributed by atoms with Crippen LogP contribution in [0.5, 0.6) is 0 Å². The fourth-order valence-electron chi connectivity index (χ4n) is 4.08. The van der Waals surface area contributed by atoms with E-state index in [1.807, 2.05) is 43.3 Å². The van der Waals surface area contributed by atoms with Crippen LogP contribution in [0, 0.1) is 6.92 Å². The Bertz CT molecular complexity index is 1230. The number of ether oxygens (including phenoxy) is 1. The first-order valence-corrected chi connectivity index (χ1v) is 12.8. The van der Waals surface area contributed by atoms with Gasteiger partial charge in [0, 0.05) is 44.8 Å². The van der Waals surface area contributed by atoms with Crippen LogP contribution >= 0.6 is 0 Å². The average molecular weight is 469 g/mol. The normalized spacial score (nSPS) is 16.8. The summed E-state index contributed by atoms with van der Waals surface area (Å²) in [5.74, 6) is 1.16. The summed E-state index contributed by atoms with van der Waals surface area (Å²) in [6.07, 6.45) is 2.82. The second kappa shape index (κ2) is 9.49. The zero-order chi connectivity index (χ0) is 23.6. The van der Waals surface area contributed by atoms with E-state index in [1.165, 1.54) is 13.2 Å². The van der Waals surface area contributed by atoms with Crippen LogP contribution < -0.4 is 0 Å². The SMILES string of the molecule is CC(=O)O[C@@H]1CCN(CCc2nc(-c3ccc(-c4ccc(S(C)(=O)=O)cc4)cc3)oc2C)C1. The van der Waals surface area contributed by atoms with Crippen molar-refractivity contribution in [2.24, 2.45) is 0 Å². The van der Waals surface area contributed by atoms with E-state index in [2.05, 4.69) is 4.90 Å². The van der Waals surface area contributed by atoms with Gasteiger partial charge in [-0.15, -0.1) is 0 Å². The number of nitrogens with zero attached hydrogens (tertiary/aromatic N) is 2. The van der Waals surface area contributed by atoms with Crippen LogP contribution in [0.2, 0.25) is 0 Å². The predicted molar refractivity (Wildman–Crippen MR) is 126 cm³/mol. The first-order chi connectivity index (χ1) is 15.7. The summed E-state index contributed by atoms with van der Waals surface area (Å²) < 4.78 is 34.5. The maximum atomic E-state index is 11.6. The Morgan fingerprint density at radius 1 is 1.09 bits per heavy atom. The van der Waals surface area contributed by atoms with Crippen molar-refractivity contribution in [3.05, 3.63) is 60.0 Å². The Morgan fingerprint density at radius 3 is 2.30 bits per heavy atom. The maximum absolute atomic E-state index is 11.6. The fourth-order valence-corrected chi connectivity index (χ4v) is 4.71. The van der Waals surface area contributed by atoms with Gasteiger partial charge in [-0.25, -0.2) is 13.4 Å². The number of rotatable bonds is 7. The summed E-state index contributed by atoms with van der Waals surface area (Å²) in [6, 6.07) is 14.7. The third-order valence-corrected chi connectivity index (χ3v) is 7.00. The van der Waals surface area contributed by atoms with Gasteiger partial charge in [-0.05, 0) is 48.7 Å². The molecule has 2 heterocycles. The fraction of sp³-hybridized carbons (Fsp3) is 0.360. The smallest absolute Gasteiger partial charge is 0.302 e. The number of carbonyl (C=O) groups excluding carboxylic acids is 1. The molecule has 0 bridgehead atoms. The van der Waals surface area contributed by atoms with Crippen molar-refractivity contribution in [1.29, 1.82) is 0 Å². The van der Waals surface area contributed by atoms with Crippen LogP contribution in [0.4, 0.5) is 0 Å². The molecule has 0 spiro atoms. The first-order valence-electron chi connectivity index (χ1n) is 11.0. The molecule has 3 aromatic rings. The number of hydrogen-bond donors (Lipinski definition) is 0. The summed E-state index contributed by atoms with van der Waals surface area (Å²) in [6.45, 7) is 5.89. The monoisotopic (exact) mass is 468 g/mol. The van der Waals surface area contributed by atoms with E-state index in [4.69, 9.17) is 14.1 Å². The number of carbonyl (C=O) groups is 1. The van der Waals surface area contributed by atoms with Gasteiger partial charge in [0.15, 0.2) is 9.84 Å². The van der Waals surface area contributed by atoms with Gasteiger partial charge in [-0.1, -0.05) is 24.3 Å². The molecule has 1 aromatic heterocycles. The van der Waals surface area contributed by atoms with Crippen LogP contribution in [0.1, 0.15) is 24.8 Å². The third kappa shape index (κ3) is 5.69. The Labute approximate surface area is 194 Å². The van der Waals surface area contributed by atoms with E-state index < -0.39 is 9.84 Å². The van der Waals surface area contributed by atoms with Crippen LogP contribution in [0.3, 0.4) is 0 Å². The van der Waals surface area contributed by atoms with E-state index in [9.17, 15) is 13.2 Å². The molecule has 0 aliphatic carbocycles. The molecule has 4 rings (SSSR count). The van der Waals surface area contributed by atoms with Gasteiger partial charge >= 0.3 is 5.97 Å². The molecule has 1 fully saturated rings. The summed E-state index contributed by atoms with van der Waals surface area (Å²) in [5.41, 5.74) is 3.74. The van der Waals surface area contributed by atoms with Crippen molar-refractivity contribution < 1.29 is 22.4 Å². The molecule has 1 saturated heterocycles. The topological polar surface area (TPSA) is 89.7 Å². The highest BCUT2D eigenvalue weighted by molar-refractivity contribution is 7.90. The number of benzene rings is 2. The van der Waals surface area contributed by atoms with Crippen molar-refractivity contribution in [1.82, 2.24) is 9.88 Å². The largest absolute Gasteiger partial charge is 0.461 e. The van der Waals surface area contributed by atoms with E-state index in [0.29, 0.717) is 10.8 Å². The minimum absolute atomic E-state index is 0.0161. The molecule has 1 aliphatic heterocycles. The second-order valence-electron chi connectivity index (χ2n) is 8.47. The number of aromatic nitrogens is 1. The number of sulfone groups is 1. The molecular weight excluding hydrogens is 440 g/mol. The molecular formula is C25H28N2O5S. The highest BCUT2D eigenvalue weighted by atomic mass is 32.2. The predicted octanol–water partition coefficient (Wildman–Crippen LogP) is 3.90. The molecule has 0 N–H and O–H groups in total. The third-order valence-electron chi connectivity index (χ3n) is 5.87. The number of esters is 1. The van der Waals surface area contributed by atoms with Gasteiger partial charge < -0.3 is 9.15 Å². The van der Waals surface area contributed by atoms with Gasteiger partial charge in [0.25, 0.3) is 0 Å². The Morgan fingerprint density at radius 2 is 1.70 bits per heavy atom. The first kappa shape index (κ1) is 23.2. The number of aryl methyl sites for hydroxylation is 1. The quantitative estimate of drug-likeness (QED) is 0.486. The Balaban J connectivity index is 1.40. The van der Waals surface area contributed by atoms with Crippen LogP contribution in [-0.2, 0) is 25.8 Å². The van der Waals surface area contributed by atoms with Crippen molar-refractivity contribution in [2.75, 3.05) is 25.9 Å². The van der Waals surface area contributed by atoms with Gasteiger partial charge in [0.1, 0.15) is 11.9 Å². The second-order valence-corrected chi connectivity index (χ2v) is 10.5. The zero-order valence-electron chi connectivity index (χ0n) is 19.1. The van der Waals surface area contributed by atoms with Crippen molar-refractivity contribution in [3.8, 4) is 22.6 Å².